The van der Waals surface area contributed by atoms with Crippen LogP contribution in [0.5, 0.6) is 5.75 Å². The van der Waals surface area contributed by atoms with Gasteiger partial charge in [0, 0.05) is 11.1 Å². The quantitative estimate of drug-likeness (QED) is 0.890. The van der Waals surface area contributed by atoms with Gasteiger partial charge in [-0.05, 0) is 45.9 Å². The number of amides is 2. The lowest BCUT2D eigenvalue weighted by Crippen LogP contribution is -2.41. The number of carbonyl (C=O) groups excluding carboxylic acids is 2. The standard InChI is InChI=1S/C18H21N3O4/c1-10-15(11(2)25-21-10)18(3,4)20-16(22)12-5-6-14-13(9-12)17(23)19-7-8-24-14/h5-6,9H,7-8H2,1-4H3,(H,19,23)(H,20,22). The third-order valence-corrected chi connectivity index (χ3v) is 4.22. The molecule has 0 saturated carbocycles. The molecule has 0 atom stereocenters. The molecule has 7 nitrogen and oxygen atoms in total. The van der Waals surface area contributed by atoms with Gasteiger partial charge < -0.3 is 19.9 Å². The molecule has 132 valence electrons. The zero-order valence-electron chi connectivity index (χ0n) is 14.7. The van der Waals surface area contributed by atoms with Gasteiger partial charge in [-0.2, -0.15) is 0 Å². The third kappa shape index (κ3) is 3.22. The molecule has 2 heterocycles. The Morgan fingerprint density at radius 3 is 2.76 bits per heavy atom. The van der Waals surface area contributed by atoms with Crippen LogP contribution in [0.2, 0.25) is 0 Å². The number of carbonyl (C=O) groups is 2. The maximum atomic E-state index is 12.7. The van der Waals surface area contributed by atoms with Crippen LogP contribution in [0, 0.1) is 13.8 Å². The van der Waals surface area contributed by atoms with E-state index in [9.17, 15) is 9.59 Å². The summed E-state index contributed by atoms with van der Waals surface area (Å²) in [5.74, 6) is 0.617. The van der Waals surface area contributed by atoms with E-state index in [0.717, 1.165) is 11.3 Å². The van der Waals surface area contributed by atoms with Gasteiger partial charge in [-0.3, -0.25) is 9.59 Å². The lowest BCUT2D eigenvalue weighted by atomic mass is 9.92. The molecule has 7 heteroatoms. The fourth-order valence-electron chi connectivity index (χ4n) is 3.19. The van der Waals surface area contributed by atoms with Crippen LogP contribution >= 0.6 is 0 Å². The molecule has 2 amide bonds. The second-order valence-corrected chi connectivity index (χ2v) is 6.59. The van der Waals surface area contributed by atoms with Crippen LogP contribution in [0.15, 0.2) is 22.7 Å². The van der Waals surface area contributed by atoms with Crippen LogP contribution in [-0.2, 0) is 5.54 Å². The Balaban J connectivity index is 1.88. The van der Waals surface area contributed by atoms with E-state index in [2.05, 4.69) is 15.8 Å². The molecule has 25 heavy (non-hydrogen) atoms. The number of aryl methyl sites for hydroxylation is 2. The molecule has 0 bridgehead atoms. The Bertz CT molecular complexity index is 819. The average Bonchev–Trinajstić information content (AvgIpc) is 2.79. The summed E-state index contributed by atoms with van der Waals surface area (Å²) in [5, 5.41) is 9.66. The highest BCUT2D eigenvalue weighted by atomic mass is 16.5. The zero-order chi connectivity index (χ0) is 18.2. The van der Waals surface area contributed by atoms with E-state index in [4.69, 9.17) is 9.26 Å². The Morgan fingerprint density at radius 1 is 1.32 bits per heavy atom. The lowest BCUT2D eigenvalue weighted by Gasteiger charge is -2.26. The number of ether oxygens (including phenoxy) is 1. The molecule has 0 saturated heterocycles. The largest absolute Gasteiger partial charge is 0.491 e. The number of nitrogens with zero attached hydrogens (tertiary/aromatic N) is 1. The van der Waals surface area contributed by atoms with Crippen molar-refractivity contribution in [3.63, 3.8) is 0 Å². The van der Waals surface area contributed by atoms with Crippen molar-refractivity contribution in [1.29, 1.82) is 0 Å². The summed E-state index contributed by atoms with van der Waals surface area (Å²) in [4.78, 5) is 24.8. The van der Waals surface area contributed by atoms with Gasteiger partial charge in [0.25, 0.3) is 11.8 Å². The highest BCUT2D eigenvalue weighted by Gasteiger charge is 2.30. The number of hydrogen-bond donors (Lipinski definition) is 2. The maximum absolute atomic E-state index is 12.7. The van der Waals surface area contributed by atoms with Crippen LogP contribution in [0.25, 0.3) is 0 Å². The minimum atomic E-state index is -0.670. The van der Waals surface area contributed by atoms with Gasteiger partial charge in [-0.25, -0.2) is 0 Å². The van der Waals surface area contributed by atoms with Gasteiger partial charge in [-0.1, -0.05) is 5.16 Å². The summed E-state index contributed by atoms with van der Waals surface area (Å²) in [6.07, 6.45) is 0. The first-order valence-corrected chi connectivity index (χ1v) is 8.10. The molecular formula is C18H21N3O4. The first-order valence-electron chi connectivity index (χ1n) is 8.10. The lowest BCUT2D eigenvalue weighted by molar-refractivity contribution is 0.0911. The molecule has 0 unspecified atom stereocenters. The second kappa shape index (κ2) is 6.23. The molecule has 2 aromatic rings. The molecule has 1 aliphatic rings. The number of benzene rings is 1. The van der Waals surface area contributed by atoms with Crippen molar-refractivity contribution in [3.8, 4) is 5.75 Å². The van der Waals surface area contributed by atoms with E-state index >= 15 is 0 Å². The van der Waals surface area contributed by atoms with Crippen molar-refractivity contribution in [2.45, 2.75) is 33.2 Å². The average molecular weight is 343 g/mol. The predicted molar refractivity (Wildman–Crippen MR) is 90.7 cm³/mol. The first-order chi connectivity index (χ1) is 11.8. The third-order valence-electron chi connectivity index (χ3n) is 4.22. The van der Waals surface area contributed by atoms with E-state index in [1.807, 2.05) is 27.7 Å². The fourth-order valence-corrected chi connectivity index (χ4v) is 3.19. The number of aromatic nitrogens is 1. The van der Waals surface area contributed by atoms with Crippen molar-refractivity contribution in [2.24, 2.45) is 0 Å². The Labute approximate surface area is 145 Å². The minimum absolute atomic E-state index is 0.243. The van der Waals surface area contributed by atoms with E-state index in [1.54, 1.807) is 18.2 Å². The molecule has 0 radical (unpaired) electrons. The molecule has 1 aromatic heterocycles. The summed E-state index contributed by atoms with van der Waals surface area (Å²) in [7, 11) is 0. The van der Waals surface area contributed by atoms with E-state index in [-0.39, 0.29) is 11.8 Å². The van der Waals surface area contributed by atoms with Crippen LogP contribution in [-0.4, -0.2) is 30.1 Å². The summed E-state index contributed by atoms with van der Waals surface area (Å²) in [6.45, 7) is 8.27. The first kappa shape index (κ1) is 17.0. The maximum Gasteiger partial charge on any atom is 0.255 e. The van der Waals surface area contributed by atoms with Crippen molar-refractivity contribution in [3.05, 3.63) is 46.3 Å². The smallest absolute Gasteiger partial charge is 0.255 e. The zero-order valence-corrected chi connectivity index (χ0v) is 14.7. The molecule has 2 N–H and O–H groups in total. The molecule has 0 fully saturated rings. The molecule has 1 aliphatic heterocycles. The Morgan fingerprint density at radius 2 is 2.08 bits per heavy atom. The van der Waals surface area contributed by atoms with Crippen molar-refractivity contribution >= 4 is 11.8 Å². The van der Waals surface area contributed by atoms with Gasteiger partial charge in [-0.15, -0.1) is 0 Å². The minimum Gasteiger partial charge on any atom is -0.491 e. The van der Waals surface area contributed by atoms with Crippen LogP contribution in [0.3, 0.4) is 0 Å². The molecule has 0 spiro atoms. The van der Waals surface area contributed by atoms with Gasteiger partial charge in [0.15, 0.2) is 0 Å². The SMILES string of the molecule is Cc1noc(C)c1C(C)(C)NC(=O)c1ccc2c(c1)C(=O)NCCO2. The van der Waals surface area contributed by atoms with Crippen molar-refractivity contribution < 1.29 is 18.8 Å². The van der Waals surface area contributed by atoms with Gasteiger partial charge in [0.05, 0.1) is 23.3 Å². The van der Waals surface area contributed by atoms with Gasteiger partial charge in [0.2, 0.25) is 0 Å². The van der Waals surface area contributed by atoms with Crippen LogP contribution in [0.1, 0.15) is 51.6 Å². The number of nitrogens with one attached hydrogen (secondary N) is 2. The monoisotopic (exact) mass is 343 g/mol. The van der Waals surface area contributed by atoms with Crippen LogP contribution in [0.4, 0.5) is 0 Å². The Hall–Kier alpha value is -2.83. The normalized spacial score (nSPS) is 14.2. The van der Waals surface area contributed by atoms with E-state index < -0.39 is 5.54 Å². The molecule has 3 rings (SSSR count). The number of fused-ring (bicyclic) bond motifs is 1. The summed E-state index contributed by atoms with van der Waals surface area (Å²) in [5.41, 5.74) is 1.66. The topological polar surface area (TPSA) is 93.5 Å². The summed E-state index contributed by atoms with van der Waals surface area (Å²) in [6, 6.07) is 4.85. The van der Waals surface area contributed by atoms with Crippen LogP contribution < -0.4 is 15.4 Å². The van der Waals surface area contributed by atoms with Crippen molar-refractivity contribution in [1.82, 2.24) is 15.8 Å². The highest BCUT2D eigenvalue weighted by Crippen LogP contribution is 2.28. The molecule has 0 aliphatic carbocycles. The molecular weight excluding hydrogens is 322 g/mol. The predicted octanol–water partition coefficient (Wildman–Crippen LogP) is 2.08. The second-order valence-electron chi connectivity index (χ2n) is 6.59. The summed E-state index contributed by atoms with van der Waals surface area (Å²) < 4.78 is 10.7. The van der Waals surface area contributed by atoms with Gasteiger partial charge >= 0.3 is 0 Å². The highest BCUT2D eigenvalue weighted by molar-refractivity contribution is 6.01. The fraction of sp³-hybridized carbons (Fsp3) is 0.389. The van der Waals surface area contributed by atoms with Crippen molar-refractivity contribution in [2.75, 3.05) is 13.2 Å². The number of rotatable bonds is 3. The number of hydrogen-bond acceptors (Lipinski definition) is 5. The van der Waals surface area contributed by atoms with Gasteiger partial charge in [0.1, 0.15) is 18.1 Å². The van der Waals surface area contributed by atoms with E-state index in [1.165, 1.54) is 0 Å². The van der Waals surface area contributed by atoms with E-state index in [0.29, 0.717) is 35.8 Å². The Kier molecular flexibility index (Phi) is 4.24. The summed E-state index contributed by atoms with van der Waals surface area (Å²) >= 11 is 0. The molecule has 1 aromatic carbocycles.